The maximum absolute atomic E-state index is 12.4. The first-order valence-electron chi connectivity index (χ1n) is 9.43. The smallest absolute Gasteiger partial charge is 0.319 e. The number of anilines is 1. The van der Waals surface area contributed by atoms with E-state index in [1.165, 1.54) is 12.8 Å². The molecule has 146 valence electrons. The van der Waals surface area contributed by atoms with Crippen molar-refractivity contribution in [2.24, 2.45) is 5.92 Å². The Hall–Kier alpha value is -1.79. The number of nitrogens with zero attached hydrogens (tertiary/aromatic N) is 1. The molecule has 6 heteroatoms. The van der Waals surface area contributed by atoms with E-state index in [2.05, 4.69) is 36.3 Å². The molecule has 1 heterocycles. The maximum atomic E-state index is 12.4. The number of nitrogens with one attached hydrogen (secondary N) is 2. The number of hydrogen-bond acceptors (Lipinski definition) is 4. The summed E-state index contributed by atoms with van der Waals surface area (Å²) in [5.74, 6) is 1.36. The van der Waals surface area contributed by atoms with Gasteiger partial charge in [0.25, 0.3) is 0 Å². The number of likely N-dealkylation sites (tertiary alicyclic amines) is 1. The minimum absolute atomic E-state index is 0.0689. The standard InChI is InChI=1S/C20H33N3O3/c1-16-8-7-11-23(14-16)20(2,3)15-21-19(24)22-17-9-5-6-10-18(17)26-13-12-25-4/h5-6,9-10,16H,7-8,11-15H2,1-4H3,(H2,21,22,24). The van der Waals surface area contributed by atoms with Crippen LogP contribution >= 0.6 is 0 Å². The van der Waals surface area contributed by atoms with Crippen LogP contribution in [0.25, 0.3) is 0 Å². The number of methoxy groups -OCH3 is 1. The molecule has 1 aromatic rings. The zero-order valence-electron chi connectivity index (χ0n) is 16.5. The number of carbonyl (C=O) groups is 1. The van der Waals surface area contributed by atoms with Crippen LogP contribution in [-0.2, 0) is 4.74 Å². The molecule has 0 aliphatic carbocycles. The van der Waals surface area contributed by atoms with E-state index in [4.69, 9.17) is 9.47 Å². The van der Waals surface area contributed by atoms with Crippen molar-refractivity contribution in [3.63, 3.8) is 0 Å². The third-order valence-corrected chi connectivity index (χ3v) is 4.87. The minimum atomic E-state index is -0.217. The largest absolute Gasteiger partial charge is 0.489 e. The third-order valence-electron chi connectivity index (χ3n) is 4.87. The molecule has 2 N–H and O–H groups in total. The molecule has 2 rings (SSSR count). The van der Waals surface area contributed by atoms with Gasteiger partial charge in [0.2, 0.25) is 0 Å². The number of para-hydroxylation sites is 2. The Bertz CT molecular complexity index is 577. The molecule has 1 aromatic carbocycles. The van der Waals surface area contributed by atoms with Crippen molar-refractivity contribution >= 4 is 11.7 Å². The lowest BCUT2D eigenvalue weighted by Crippen LogP contribution is -2.55. The van der Waals surface area contributed by atoms with Gasteiger partial charge in [0.05, 0.1) is 12.3 Å². The van der Waals surface area contributed by atoms with Crippen LogP contribution in [0.5, 0.6) is 5.75 Å². The lowest BCUT2D eigenvalue weighted by Gasteiger charge is -2.43. The van der Waals surface area contributed by atoms with Gasteiger partial charge in [-0.1, -0.05) is 19.1 Å². The van der Waals surface area contributed by atoms with E-state index < -0.39 is 0 Å². The van der Waals surface area contributed by atoms with Crippen molar-refractivity contribution in [3.8, 4) is 5.75 Å². The monoisotopic (exact) mass is 363 g/mol. The second-order valence-electron chi connectivity index (χ2n) is 7.65. The van der Waals surface area contributed by atoms with Gasteiger partial charge in [0.15, 0.2) is 0 Å². The average molecular weight is 364 g/mol. The van der Waals surface area contributed by atoms with Crippen LogP contribution in [-0.4, -0.2) is 56.4 Å². The van der Waals surface area contributed by atoms with Crippen LogP contribution in [0.3, 0.4) is 0 Å². The molecule has 6 nitrogen and oxygen atoms in total. The summed E-state index contributed by atoms with van der Waals surface area (Å²) in [5, 5.41) is 5.89. The summed E-state index contributed by atoms with van der Waals surface area (Å²) in [7, 11) is 1.63. The molecule has 1 atom stereocenters. The number of benzene rings is 1. The van der Waals surface area contributed by atoms with Crippen LogP contribution in [0, 0.1) is 5.92 Å². The highest BCUT2D eigenvalue weighted by atomic mass is 16.5. The Morgan fingerprint density at radius 2 is 2.08 bits per heavy atom. The van der Waals surface area contributed by atoms with Crippen molar-refractivity contribution in [1.82, 2.24) is 10.2 Å². The van der Waals surface area contributed by atoms with Crippen molar-refractivity contribution < 1.29 is 14.3 Å². The fourth-order valence-corrected chi connectivity index (χ4v) is 3.24. The number of hydrogen-bond donors (Lipinski definition) is 2. The first-order chi connectivity index (χ1) is 12.4. The summed E-state index contributed by atoms with van der Waals surface area (Å²) in [5.41, 5.74) is 0.589. The quantitative estimate of drug-likeness (QED) is 0.696. The van der Waals surface area contributed by atoms with Crippen LogP contribution in [0.2, 0.25) is 0 Å². The molecule has 0 aromatic heterocycles. The number of amides is 2. The van der Waals surface area contributed by atoms with Gasteiger partial charge in [0.1, 0.15) is 12.4 Å². The van der Waals surface area contributed by atoms with E-state index in [0.29, 0.717) is 37.1 Å². The van der Waals surface area contributed by atoms with Crippen LogP contribution in [0.1, 0.15) is 33.6 Å². The Kier molecular flexibility index (Phi) is 7.72. The van der Waals surface area contributed by atoms with Gasteiger partial charge in [-0.3, -0.25) is 4.90 Å². The summed E-state index contributed by atoms with van der Waals surface area (Å²) in [4.78, 5) is 14.8. The molecule has 2 amide bonds. The summed E-state index contributed by atoms with van der Waals surface area (Å²) >= 11 is 0. The molecule has 1 aliphatic heterocycles. The van der Waals surface area contributed by atoms with Crippen LogP contribution < -0.4 is 15.4 Å². The fraction of sp³-hybridized carbons (Fsp3) is 0.650. The second kappa shape index (κ2) is 9.78. The number of rotatable bonds is 8. The van der Waals surface area contributed by atoms with Crippen molar-refractivity contribution in [2.45, 2.75) is 39.2 Å². The molecule has 1 fully saturated rings. The zero-order valence-corrected chi connectivity index (χ0v) is 16.5. The lowest BCUT2D eigenvalue weighted by molar-refractivity contribution is 0.0728. The van der Waals surface area contributed by atoms with Crippen molar-refractivity contribution in [3.05, 3.63) is 24.3 Å². The van der Waals surface area contributed by atoms with Gasteiger partial charge in [0, 0.05) is 25.7 Å². The summed E-state index contributed by atoms with van der Waals surface area (Å²) in [6.07, 6.45) is 2.52. The summed E-state index contributed by atoms with van der Waals surface area (Å²) < 4.78 is 10.7. The highest BCUT2D eigenvalue weighted by Crippen LogP contribution is 2.25. The summed E-state index contributed by atoms with van der Waals surface area (Å²) in [6, 6.07) is 7.21. The molecule has 0 spiro atoms. The predicted octanol–water partition coefficient (Wildman–Crippen LogP) is 3.34. The molecule has 1 aliphatic rings. The Balaban J connectivity index is 1.86. The molecule has 1 saturated heterocycles. The molecule has 0 saturated carbocycles. The zero-order chi connectivity index (χ0) is 19.0. The molecule has 26 heavy (non-hydrogen) atoms. The molecule has 0 radical (unpaired) electrons. The number of piperidine rings is 1. The van der Waals surface area contributed by atoms with Gasteiger partial charge in [-0.15, -0.1) is 0 Å². The van der Waals surface area contributed by atoms with E-state index >= 15 is 0 Å². The van der Waals surface area contributed by atoms with E-state index in [-0.39, 0.29) is 11.6 Å². The Labute approximate surface area is 157 Å². The molecule has 1 unspecified atom stereocenters. The highest BCUT2D eigenvalue weighted by Gasteiger charge is 2.30. The average Bonchev–Trinajstić information content (AvgIpc) is 2.62. The van der Waals surface area contributed by atoms with Gasteiger partial charge < -0.3 is 20.1 Å². The topological polar surface area (TPSA) is 62.8 Å². The molecular formula is C20H33N3O3. The van der Waals surface area contributed by atoms with E-state index in [1.807, 2.05) is 24.3 Å². The lowest BCUT2D eigenvalue weighted by atomic mass is 9.93. The highest BCUT2D eigenvalue weighted by molar-refractivity contribution is 5.90. The van der Waals surface area contributed by atoms with Crippen molar-refractivity contribution in [1.29, 1.82) is 0 Å². The van der Waals surface area contributed by atoms with E-state index in [0.717, 1.165) is 13.1 Å². The fourth-order valence-electron chi connectivity index (χ4n) is 3.24. The SMILES string of the molecule is COCCOc1ccccc1NC(=O)NCC(C)(C)N1CCCC(C)C1. The molecular weight excluding hydrogens is 330 g/mol. The van der Waals surface area contributed by atoms with Gasteiger partial charge in [-0.25, -0.2) is 4.79 Å². The Morgan fingerprint density at radius 3 is 2.81 bits per heavy atom. The first kappa shape index (κ1) is 20.5. The number of ether oxygens (including phenoxy) is 2. The normalized spacial score (nSPS) is 18.4. The maximum Gasteiger partial charge on any atom is 0.319 e. The minimum Gasteiger partial charge on any atom is -0.489 e. The van der Waals surface area contributed by atoms with Crippen LogP contribution in [0.4, 0.5) is 10.5 Å². The number of urea groups is 1. The summed E-state index contributed by atoms with van der Waals surface area (Å²) in [6.45, 7) is 10.4. The van der Waals surface area contributed by atoms with E-state index in [1.54, 1.807) is 7.11 Å². The first-order valence-corrected chi connectivity index (χ1v) is 9.43. The van der Waals surface area contributed by atoms with E-state index in [9.17, 15) is 4.79 Å². The predicted molar refractivity (Wildman–Crippen MR) is 105 cm³/mol. The van der Waals surface area contributed by atoms with Gasteiger partial charge in [-0.2, -0.15) is 0 Å². The molecule has 0 bridgehead atoms. The van der Waals surface area contributed by atoms with Crippen molar-refractivity contribution in [2.75, 3.05) is 45.3 Å². The third kappa shape index (κ3) is 6.18. The number of carbonyl (C=O) groups excluding carboxylic acids is 1. The Morgan fingerprint density at radius 1 is 1.31 bits per heavy atom. The van der Waals surface area contributed by atoms with Gasteiger partial charge in [-0.05, 0) is 51.3 Å². The second-order valence-corrected chi connectivity index (χ2v) is 7.65. The van der Waals surface area contributed by atoms with Crippen LogP contribution in [0.15, 0.2) is 24.3 Å². The van der Waals surface area contributed by atoms with Gasteiger partial charge >= 0.3 is 6.03 Å².